The Balaban J connectivity index is 2.55. The monoisotopic (exact) mass is 142 g/mol. The maximum Gasteiger partial charge on any atom is 0.124 e. The van der Waals surface area contributed by atoms with E-state index in [-0.39, 0.29) is 6.17 Å². The fourth-order valence-corrected chi connectivity index (χ4v) is 1.10. The van der Waals surface area contributed by atoms with Crippen LogP contribution in [0.1, 0.15) is 13.8 Å². The third-order valence-electron chi connectivity index (χ3n) is 1.69. The van der Waals surface area contributed by atoms with E-state index in [0.717, 1.165) is 6.54 Å². The van der Waals surface area contributed by atoms with E-state index >= 15 is 0 Å². The van der Waals surface area contributed by atoms with Crippen LogP contribution in [0.4, 0.5) is 0 Å². The summed E-state index contributed by atoms with van der Waals surface area (Å²) in [5, 5.41) is 12.4. The lowest BCUT2D eigenvalue weighted by Crippen LogP contribution is -2.47. The van der Waals surface area contributed by atoms with E-state index in [4.69, 9.17) is 0 Å². The lowest BCUT2D eigenvalue weighted by Gasteiger charge is -2.33. The molecular formula is C7H14N2O. The maximum absolute atomic E-state index is 9.18. The molecule has 1 heterocycles. The quantitative estimate of drug-likeness (QED) is 0.544. The Hall–Kier alpha value is -0.540. The highest BCUT2D eigenvalue weighted by atomic mass is 16.3. The molecule has 2 atom stereocenters. The Morgan fingerprint density at radius 3 is 2.90 bits per heavy atom. The average molecular weight is 142 g/mol. The summed E-state index contributed by atoms with van der Waals surface area (Å²) in [7, 11) is 0. The molecule has 0 aromatic heterocycles. The Morgan fingerprint density at radius 1 is 1.80 bits per heavy atom. The van der Waals surface area contributed by atoms with Crippen LogP contribution >= 0.6 is 0 Å². The van der Waals surface area contributed by atoms with Gasteiger partial charge in [-0.05, 0) is 13.8 Å². The normalized spacial score (nSPS) is 28.7. The van der Waals surface area contributed by atoms with E-state index < -0.39 is 6.23 Å². The summed E-state index contributed by atoms with van der Waals surface area (Å²) >= 11 is 0. The van der Waals surface area contributed by atoms with Gasteiger partial charge in [-0.1, -0.05) is 6.08 Å². The van der Waals surface area contributed by atoms with Gasteiger partial charge in [-0.2, -0.15) is 0 Å². The van der Waals surface area contributed by atoms with Crippen LogP contribution in [0.3, 0.4) is 0 Å². The lowest BCUT2D eigenvalue weighted by atomic mass is 10.3. The Kier molecular flexibility index (Phi) is 2.29. The molecule has 2 N–H and O–H groups in total. The van der Waals surface area contributed by atoms with Gasteiger partial charge in [0.25, 0.3) is 0 Å². The van der Waals surface area contributed by atoms with Crippen molar-refractivity contribution in [2.75, 3.05) is 6.54 Å². The van der Waals surface area contributed by atoms with Crippen LogP contribution in [0, 0.1) is 0 Å². The lowest BCUT2D eigenvalue weighted by molar-refractivity contribution is 0.0177. The second kappa shape index (κ2) is 3.03. The van der Waals surface area contributed by atoms with Crippen molar-refractivity contribution in [3.8, 4) is 0 Å². The first-order valence-corrected chi connectivity index (χ1v) is 3.57. The SMILES string of the molecule is CC(O)N1C=CCNC1C. The summed E-state index contributed by atoms with van der Waals surface area (Å²) in [5.74, 6) is 0. The Morgan fingerprint density at radius 2 is 2.50 bits per heavy atom. The Labute approximate surface area is 61.3 Å². The predicted molar refractivity (Wildman–Crippen MR) is 40.1 cm³/mol. The molecule has 1 aliphatic heterocycles. The van der Waals surface area contributed by atoms with E-state index in [1.54, 1.807) is 6.92 Å². The van der Waals surface area contributed by atoms with Crippen molar-refractivity contribution < 1.29 is 5.11 Å². The van der Waals surface area contributed by atoms with Gasteiger partial charge in [0.05, 0.1) is 6.17 Å². The molecule has 2 unspecified atom stereocenters. The van der Waals surface area contributed by atoms with Crippen LogP contribution in [0.5, 0.6) is 0 Å². The second-order valence-corrected chi connectivity index (χ2v) is 2.55. The van der Waals surface area contributed by atoms with Gasteiger partial charge < -0.3 is 10.0 Å². The maximum atomic E-state index is 9.18. The smallest absolute Gasteiger partial charge is 0.124 e. The number of aliphatic hydroxyl groups excluding tert-OH is 1. The highest BCUT2D eigenvalue weighted by Gasteiger charge is 2.15. The first-order chi connectivity index (χ1) is 4.72. The molecule has 0 radical (unpaired) electrons. The molecule has 0 aromatic rings. The molecule has 0 aromatic carbocycles. The molecule has 10 heavy (non-hydrogen) atoms. The zero-order valence-corrected chi connectivity index (χ0v) is 6.41. The second-order valence-electron chi connectivity index (χ2n) is 2.55. The predicted octanol–water partition coefficient (Wildman–Crippen LogP) is 0.0896. The molecule has 3 heteroatoms. The summed E-state index contributed by atoms with van der Waals surface area (Å²) in [6.45, 7) is 4.68. The summed E-state index contributed by atoms with van der Waals surface area (Å²) in [6.07, 6.45) is 3.75. The minimum Gasteiger partial charge on any atom is -0.374 e. The number of hydrogen-bond donors (Lipinski definition) is 2. The average Bonchev–Trinajstić information content (AvgIpc) is 1.88. The zero-order chi connectivity index (χ0) is 7.56. The van der Waals surface area contributed by atoms with E-state index in [1.165, 1.54) is 0 Å². The number of aliphatic hydroxyl groups is 1. The largest absolute Gasteiger partial charge is 0.374 e. The van der Waals surface area contributed by atoms with Gasteiger partial charge in [0.15, 0.2) is 0 Å². The summed E-state index contributed by atoms with van der Waals surface area (Å²) in [6, 6.07) is 0. The van der Waals surface area contributed by atoms with Crippen LogP contribution in [-0.2, 0) is 0 Å². The molecule has 0 aliphatic carbocycles. The fourth-order valence-electron chi connectivity index (χ4n) is 1.10. The molecule has 0 fully saturated rings. The molecule has 58 valence electrons. The van der Waals surface area contributed by atoms with Crippen molar-refractivity contribution in [3.63, 3.8) is 0 Å². The highest BCUT2D eigenvalue weighted by molar-refractivity contribution is 4.92. The third kappa shape index (κ3) is 1.49. The topological polar surface area (TPSA) is 35.5 Å². The van der Waals surface area contributed by atoms with Gasteiger partial charge in [-0.15, -0.1) is 0 Å². The van der Waals surface area contributed by atoms with Crippen molar-refractivity contribution in [1.29, 1.82) is 0 Å². The molecular weight excluding hydrogens is 128 g/mol. The number of nitrogens with zero attached hydrogens (tertiary/aromatic N) is 1. The van der Waals surface area contributed by atoms with Crippen molar-refractivity contribution in [2.45, 2.75) is 26.2 Å². The minimum absolute atomic E-state index is 0.241. The van der Waals surface area contributed by atoms with Gasteiger partial charge in [0.1, 0.15) is 6.23 Å². The van der Waals surface area contributed by atoms with Crippen molar-refractivity contribution >= 4 is 0 Å². The molecule has 1 rings (SSSR count). The van der Waals surface area contributed by atoms with Crippen molar-refractivity contribution in [3.05, 3.63) is 12.3 Å². The molecule has 0 bridgehead atoms. The number of nitrogens with one attached hydrogen (secondary N) is 1. The van der Waals surface area contributed by atoms with E-state index in [0.29, 0.717) is 0 Å². The molecule has 0 amide bonds. The zero-order valence-electron chi connectivity index (χ0n) is 6.41. The third-order valence-corrected chi connectivity index (χ3v) is 1.69. The minimum atomic E-state index is -0.404. The van der Waals surface area contributed by atoms with Gasteiger partial charge in [0.2, 0.25) is 0 Å². The van der Waals surface area contributed by atoms with E-state index in [1.807, 2.05) is 24.1 Å². The number of rotatable bonds is 1. The van der Waals surface area contributed by atoms with Crippen LogP contribution in [-0.4, -0.2) is 28.9 Å². The van der Waals surface area contributed by atoms with Gasteiger partial charge >= 0.3 is 0 Å². The van der Waals surface area contributed by atoms with Crippen LogP contribution < -0.4 is 5.32 Å². The number of hydrogen-bond acceptors (Lipinski definition) is 3. The Bertz CT molecular complexity index is 134. The highest BCUT2D eigenvalue weighted by Crippen LogP contribution is 2.04. The molecule has 0 spiro atoms. The van der Waals surface area contributed by atoms with Gasteiger partial charge in [-0.3, -0.25) is 5.32 Å². The van der Waals surface area contributed by atoms with E-state index in [2.05, 4.69) is 5.32 Å². The van der Waals surface area contributed by atoms with Gasteiger partial charge in [0, 0.05) is 12.7 Å². The van der Waals surface area contributed by atoms with E-state index in [9.17, 15) is 5.11 Å². The van der Waals surface area contributed by atoms with Gasteiger partial charge in [-0.25, -0.2) is 0 Å². The molecule has 0 saturated heterocycles. The fraction of sp³-hybridized carbons (Fsp3) is 0.714. The van der Waals surface area contributed by atoms with Crippen molar-refractivity contribution in [2.24, 2.45) is 0 Å². The summed E-state index contributed by atoms with van der Waals surface area (Å²) in [5.41, 5.74) is 0. The van der Waals surface area contributed by atoms with Crippen molar-refractivity contribution in [1.82, 2.24) is 10.2 Å². The molecule has 3 nitrogen and oxygen atoms in total. The first kappa shape index (κ1) is 7.57. The molecule has 0 saturated carbocycles. The summed E-state index contributed by atoms with van der Waals surface area (Å²) < 4.78 is 0. The summed E-state index contributed by atoms with van der Waals surface area (Å²) in [4.78, 5) is 1.86. The van der Waals surface area contributed by atoms with Crippen LogP contribution in [0.15, 0.2) is 12.3 Å². The molecule has 1 aliphatic rings. The first-order valence-electron chi connectivity index (χ1n) is 3.57. The van der Waals surface area contributed by atoms with Crippen LogP contribution in [0.2, 0.25) is 0 Å². The van der Waals surface area contributed by atoms with Crippen LogP contribution in [0.25, 0.3) is 0 Å². The standard InChI is InChI=1S/C7H14N2O/c1-6-8-4-3-5-9(6)7(2)10/h3,5-8,10H,4H2,1-2H3.